The van der Waals surface area contributed by atoms with Gasteiger partial charge in [0.25, 0.3) is 0 Å². The summed E-state index contributed by atoms with van der Waals surface area (Å²) in [6, 6.07) is 8.54. The average molecular weight is 401 g/mol. The summed E-state index contributed by atoms with van der Waals surface area (Å²) in [5.41, 5.74) is 2.78. The second kappa shape index (κ2) is 18.8. The molecule has 1 nitrogen and oxygen atoms in total. The molecule has 1 aromatic rings. The highest BCUT2D eigenvalue weighted by Crippen LogP contribution is 2.16. The van der Waals surface area contributed by atoms with Crippen LogP contribution >= 0.6 is 0 Å². The van der Waals surface area contributed by atoms with Crippen molar-refractivity contribution in [3.63, 3.8) is 0 Å². The van der Waals surface area contributed by atoms with Gasteiger partial charge in [-0.3, -0.25) is 0 Å². The fraction of sp³-hybridized carbons (Fsp3) is 0.714. The van der Waals surface area contributed by atoms with Crippen LogP contribution in [0.4, 0.5) is 0 Å². The zero-order chi connectivity index (χ0) is 21.0. The highest BCUT2D eigenvalue weighted by atomic mass is 16.5. The molecule has 0 saturated heterocycles. The van der Waals surface area contributed by atoms with Crippen molar-refractivity contribution in [2.24, 2.45) is 0 Å². The van der Waals surface area contributed by atoms with Crippen LogP contribution in [-0.2, 0) is 6.42 Å². The van der Waals surface area contributed by atoms with Gasteiger partial charge in [-0.25, -0.2) is 0 Å². The Morgan fingerprint density at radius 1 is 0.621 bits per heavy atom. The molecule has 29 heavy (non-hydrogen) atoms. The monoisotopic (exact) mass is 400 g/mol. The lowest BCUT2D eigenvalue weighted by atomic mass is 10.0. The van der Waals surface area contributed by atoms with Gasteiger partial charge in [0.1, 0.15) is 5.75 Å². The Kier molecular flexibility index (Phi) is 16.7. The largest absolute Gasteiger partial charge is 0.497 e. The number of allylic oxidation sites excluding steroid dienone is 1. The molecule has 0 spiro atoms. The highest BCUT2D eigenvalue weighted by molar-refractivity contribution is 5.27. The summed E-state index contributed by atoms with van der Waals surface area (Å²) < 4.78 is 5.21. The molecule has 0 aliphatic carbocycles. The predicted molar refractivity (Wildman–Crippen MR) is 130 cm³/mol. The summed E-state index contributed by atoms with van der Waals surface area (Å²) in [6.45, 7) is 6.12. The topological polar surface area (TPSA) is 9.23 Å². The molecule has 0 atom stereocenters. The first-order valence-electron chi connectivity index (χ1n) is 12.5. The third-order valence-corrected chi connectivity index (χ3v) is 5.98. The molecule has 0 aliphatic heterocycles. The van der Waals surface area contributed by atoms with Crippen molar-refractivity contribution in [3.05, 3.63) is 42.0 Å². The molecule has 0 aromatic heterocycles. The highest BCUT2D eigenvalue weighted by Gasteiger charge is 1.97. The molecule has 0 fully saturated rings. The lowest BCUT2D eigenvalue weighted by Gasteiger charge is -2.05. The van der Waals surface area contributed by atoms with Gasteiger partial charge in [0.15, 0.2) is 0 Å². The van der Waals surface area contributed by atoms with Crippen LogP contribution in [-0.4, -0.2) is 7.11 Å². The molecule has 0 amide bonds. The van der Waals surface area contributed by atoms with E-state index in [1.54, 1.807) is 7.11 Å². The third-order valence-electron chi connectivity index (χ3n) is 5.98. The minimum absolute atomic E-state index is 0.957. The number of rotatable bonds is 20. The maximum absolute atomic E-state index is 5.21. The molecule has 0 heterocycles. The Morgan fingerprint density at radius 3 is 1.38 bits per heavy atom. The van der Waals surface area contributed by atoms with Gasteiger partial charge in [0.05, 0.1) is 7.11 Å². The molecule has 0 N–H and O–H groups in total. The summed E-state index contributed by atoms with van der Waals surface area (Å²) in [5, 5.41) is 0. The standard InChI is InChI=1S/C28H48O/c1-26(2)20-18-16-14-12-10-8-6-4-5-7-9-11-13-15-17-19-21-27-22-24-28(29-3)25-23-27/h22-25H,1,4-21H2,2-3H3. The quantitative estimate of drug-likeness (QED) is 0.156. The van der Waals surface area contributed by atoms with E-state index in [0.29, 0.717) is 0 Å². The first-order valence-corrected chi connectivity index (χ1v) is 12.5. The van der Waals surface area contributed by atoms with Crippen molar-refractivity contribution in [1.82, 2.24) is 0 Å². The summed E-state index contributed by atoms with van der Waals surface area (Å²) in [6.07, 6.45) is 25.2. The van der Waals surface area contributed by atoms with E-state index in [-0.39, 0.29) is 0 Å². The molecular weight excluding hydrogens is 352 g/mol. The third kappa shape index (κ3) is 16.3. The summed E-state index contributed by atoms with van der Waals surface area (Å²) in [4.78, 5) is 0. The lowest BCUT2D eigenvalue weighted by Crippen LogP contribution is -1.88. The molecule has 0 radical (unpaired) electrons. The minimum Gasteiger partial charge on any atom is -0.497 e. The van der Waals surface area contributed by atoms with Crippen LogP contribution in [0.15, 0.2) is 36.4 Å². The zero-order valence-corrected chi connectivity index (χ0v) is 19.7. The van der Waals surface area contributed by atoms with E-state index in [9.17, 15) is 0 Å². The van der Waals surface area contributed by atoms with E-state index in [1.165, 1.54) is 127 Å². The van der Waals surface area contributed by atoms with Gasteiger partial charge in [0, 0.05) is 0 Å². The number of unbranched alkanes of at least 4 members (excludes halogenated alkanes) is 15. The number of hydrogen-bond acceptors (Lipinski definition) is 1. The molecule has 0 bridgehead atoms. The molecule has 1 heteroatoms. The van der Waals surface area contributed by atoms with E-state index in [0.717, 1.165) is 5.75 Å². The van der Waals surface area contributed by atoms with Crippen molar-refractivity contribution in [2.45, 2.75) is 122 Å². The zero-order valence-electron chi connectivity index (χ0n) is 19.7. The smallest absolute Gasteiger partial charge is 0.118 e. The number of methoxy groups -OCH3 is 1. The Morgan fingerprint density at radius 2 is 1.00 bits per heavy atom. The predicted octanol–water partition coefficient (Wildman–Crippen LogP) is 9.45. The van der Waals surface area contributed by atoms with Gasteiger partial charge in [-0.15, -0.1) is 6.58 Å². The Bertz CT molecular complexity index is 488. The average Bonchev–Trinajstić information content (AvgIpc) is 2.73. The van der Waals surface area contributed by atoms with Crippen molar-refractivity contribution < 1.29 is 4.74 Å². The van der Waals surface area contributed by atoms with Crippen LogP contribution in [0.3, 0.4) is 0 Å². The number of hydrogen-bond donors (Lipinski definition) is 0. The fourth-order valence-electron chi connectivity index (χ4n) is 4.02. The normalized spacial score (nSPS) is 11.0. The maximum Gasteiger partial charge on any atom is 0.118 e. The summed E-state index contributed by atoms with van der Waals surface area (Å²) >= 11 is 0. The van der Waals surface area contributed by atoms with Crippen LogP contribution in [0.2, 0.25) is 0 Å². The molecule has 166 valence electrons. The van der Waals surface area contributed by atoms with Gasteiger partial charge in [-0.05, 0) is 50.3 Å². The van der Waals surface area contributed by atoms with Crippen molar-refractivity contribution in [3.8, 4) is 5.75 Å². The molecule has 1 rings (SSSR count). The van der Waals surface area contributed by atoms with E-state index >= 15 is 0 Å². The van der Waals surface area contributed by atoms with Crippen LogP contribution in [0.25, 0.3) is 0 Å². The van der Waals surface area contributed by atoms with Crippen LogP contribution in [0, 0.1) is 0 Å². The molecule has 0 aliphatic rings. The van der Waals surface area contributed by atoms with Gasteiger partial charge in [-0.1, -0.05) is 108 Å². The Balaban J connectivity index is 1.74. The molecule has 0 saturated carbocycles. The summed E-state index contributed by atoms with van der Waals surface area (Å²) in [5.74, 6) is 0.957. The number of aryl methyl sites for hydroxylation is 1. The van der Waals surface area contributed by atoms with Crippen molar-refractivity contribution in [2.75, 3.05) is 7.11 Å². The van der Waals surface area contributed by atoms with Crippen molar-refractivity contribution in [1.29, 1.82) is 0 Å². The second-order valence-corrected chi connectivity index (χ2v) is 8.96. The van der Waals surface area contributed by atoms with Crippen molar-refractivity contribution >= 4 is 0 Å². The van der Waals surface area contributed by atoms with Crippen LogP contribution < -0.4 is 4.74 Å². The lowest BCUT2D eigenvalue weighted by molar-refractivity contribution is 0.414. The van der Waals surface area contributed by atoms with Gasteiger partial charge in [0.2, 0.25) is 0 Å². The van der Waals surface area contributed by atoms with E-state index in [1.807, 2.05) is 0 Å². The maximum atomic E-state index is 5.21. The Labute approximate surface area is 182 Å². The molecular formula is C28H48O. The van der Waals surface area contributed by atoms with Crippen LogP contribution in [0.5, 0.6) is 5.75 Å². The minimum atomic E-state index is 0.957. The van der Waals surface area contributed by atoms with Crippen LogP contribution in [0.1, 0.15) is 122 Å². The van der Waals surface area contributed by atoms with Gasteiger partial charge in [-0.2, -0.15) is 0 Å². The number of benzene rings is 1. The first kappa shape index (κ1) is 25.8. The molecule has 0 unspecified atom stereocenters. The molecule has 1 aromatic carbocycles. The van der Waals surface area contributed by atoms with Gasteiger partial charge >= 0.3 is 0 Å². The number of ether oxygens (including phenoxy) is 1. The first-order chi connectivity index (χ1) is 14.2. The fourth-order valence-corrected chi connectivity index (χ4v) is 4.02. The van der Waals surface area contributed by atoms with E-state index in [2.05, 4.69) is 37.8 Å². The SMILES string of the molecule is C=C(C)CCCCCCCCCCCCCCCCCCc1ccc(OC)cc1. The van der Waals surface area contributed by atoms with Gasteiger partial charge < -0.3 is 4.74 Å². The van der Waals surface area contributed by atoms with E-state index in [4.69, 9.17) is 4.74 Å². The van der Waals surface area contributed by atoms with E-state index < -0.39 is 0 Å². The second-order valence-electron chi connectivity index (χ2n) is 8.96. The Hall–Kier alpha value is -1.24. The summed E-state index contributed by atoms with van der Waals surface area (Å²) in [7, 11) is 1.73.